The van der Waals surface area contributed by atoms with Crippen molar-refractivity contribution >= 4 is 11.8 Å². The third-order valence-corrected chi connectivity index (χ3v) is 3.40. The zero-order chi connectivity index (χ0) is 14.2. The fourth-order valence-electron chi connectivity index (χ4n) is 1.99. The molecular formula is C12H13F3N2O2. The number of aliphatic carboxylic acids is 1. The van der Waals surface area contributed by atoms with Crippen LogP contribution in [0.3, 0.4) is 0 Å². The van der Waals surface area contributed by atoms with Gasteiger partial charge in [0.2, 0.25) is 0 Å². The van der Waals surface area contributed by atoms with Crippen LogP contribution in [0, 0.1) is 11.8 Å². The van der Waals surface area contributed by atoms with Crippen LogP contribution >= 0.6 is 0 Å². The molecule has 104 valence electrons. The number of rotatable bonds is 3. The fraction of sp³-hybridized carbons (Fsp3) is 0.500. The van der Waals surface area contributed by atoms with E-state index < -0.39 is 23.6 Å². The van der Waals surface area contributed by atoms with Gasteiger partial charge >= 0.3 is 12.1 Å². The first-order valence-electron chi connectivity index (χ1n) is 5.80. The van der Waals surface area contributed by atoms with Crippen LogP contribution in [0.2, 0.25) is 0 Å². The van der Waals surface area contributed by atoms with Crippen LogP contribution in [0.25, 0.3) is 0 Å². The van der Waals surface area contributed by atoms with Gasteiger partial charge < -0.3 is 10.0 Å². The number of hydrogen-bond acceptors (Lipinski definition) is 3. The lowest BCUT2D eigenvalue weighted by Gasteiger charge is -2.42. The van der Waals surface area contributed by atoms with Gasteiger partial charge in [0.05, 0.1) is 11.5 Å². The summed E-state index contributed by atoms with van der Waals surface area (Å²) in [5.74, 6) is -1.19. The number of hydrogen-bond donors (Lipinski definition) is 1. The van der Waals surface area contributed by atoms with Crippen molar-refractivity contribution in [1.29, 1.82) is 0 Å². The lowest BCUT2D eigenvalue weighted by molar-refractivity contribution is -0.143. The summed E-state index contributed by atoms with van der Waals surface area (Å²) in [6, 6.07) is 1.91. The Morgan fingerprint density at radius 2 is 2.16 bits per heavy atom. The molecule has 0 aromatic carbocycles. The molecule has 1 aromatic rings. The van der Waals surface area contributed by atoms with E-state index in [0.29, 0.717) is 13.1 Å². The number of alkyl halides is 3. The number of anilines is 1. The summed E-state index contributed by atoms with van der Waals surface area (Å²) in [6.07, 6.45) is -3.28. The summed E-state index contributed by atoms with van der Waals surface area (Å²) >= 11 is 0. The minimum atomic E-state index is -4.39. The smallest absolute Gasteiger partial charge is 0.416 e. The van der Waals surface area contributed by atoms with Crippen LogP contribution in [0.5, 0.6) is 0 Å². The van der Waals surface area contributed by atoms with Gasteiger partial charge in [0.25, 0.3) is 0 Å². The molecule has 0 amide bonds. The lowest BCUT2D eigenvalue weighted by atomic mass is 9.87. The molecule has 1 unspecified atom stereocenters. The van der Waals surface area contributed by atoms with Crippen molar-refractivity contribution in [3.63, 3.8) is 0 Å². The number of carboxylic acid groups (broad SMARTS) is 1. The van der Waals surface area contributed by atoms with E-state index in [1.807, 2.05) is 0 Å². The van der Waals surface area contributed by atoms with Crippen molar-refractivity contribution in [3.05, 3.63) is 23.9 Å². The molecular weight excluding hydrogens is 261 g/mol. The van der Waals surface area contributed by atoms with Gasteiger partial charge in [0, 0.05) is 25.2 Å². The van der Waals surface area contributed by atoms with Crippen molar-refractivity contribution < 1.29 is 23.1 Å². The molecule has 0 spiro atoms. The predicted octanol–water partition coefficient (Wildman–Crippen LogP) is 2.26. The number of carboxylic acids is 1. The Morgan fingerprint density at radius 3 is 2.68 bits per heavy atom. The van der Waals surface area contributed by atoms with Crippen LogP contribution in [0.1, 0.15) is 12.5 Å². The summed E-state index contributed by atoms with van der Waals surface area (Å²) in [5.41, 5.74) is -0.743. The molecule has 2 rings (SSSR count). The zero-order valence-electron chi connectivity index (χ0n) is 10.2. The van der Waals surface area contributed by atoms with Crippen LogP contribution < -0.4 is 4.90 Å². The average Bonchev–Trinajstić information content (AvgIpc) is 2.26. The Morgan fingerprint density at radius 1 is 1.53 bits per heavy atom. The SMILES string of the molecule is CC(C(=O)O)C1CN(c2cc(C(F)(F)F)ccn2)C1. The molecule has 1 fully saturated rings. The van der Waals surface area contributed by atoms with Gasteiger partial charge in [-0.25, -0.2) is 4.98 Å². The summed E-state index contributed by atoms with van der Waals surface area (Å²) in [6.45, 7) is 2.44. The maximum atomic E-state index is 12.5. The van der Waals surface area contributed by atoms with Crippen molar-refractivity contribution in [2.24, 2.45) is 11.8 Å². The second kappa shape index (κ2) is 4.71. The molecule has 0 aliphatic carbocycles. The van der Waals surface area contributed by atoms with E-state index in [2.05, 4.69) is 4.98 Å². The first kappa shape index (κ1) is 13.6. The zero-order valence-corrected chi connectivity index (χ0v) is 10.2. The second-order valence-corrected chi connectivity index (χ2v) is 4.69. The van der Waals surface area contributed by atoms with Gasteiger partial charge in [-0.2, -0.15) is 13.2 Å². The fourth-order valence-corrected chi connectivity index (χ4v) is 1.99. The van der Waals surface area contributed by atoms with E-state index >= 15 is 0 Å². The van der Waals surface area contributed by atoms with Crippen molar-refractivity contribution in [1.82, 2.24) is 4.98 Å². The molecule has 19 heavy (non-hydrogen) atoms. The quantitative estimate of drug-likeness (QED) is 0.918. The molecule has 1 aliphatic heterocycles. The maximum Gasteiger partial charge on any atom is 0.416 e. The third-order valence-electron chi connectivity index (χ3n) is 3.40. The van der Waals surface area contributed by atoms with Gasteiger partial charge in [-0.1, -0.05) is 6.92 Å². The summed E-state index contributed by atoms with van der Waals surface area (Å²) in [7, 11) is 0. The van der Waals surface area contributed by atoms with Gasteiger partial charge in [0.15, 0.2) is 0 Å². The minimum absolute atomic E-state index is 0.0474. The topological polar surface area (TPSA) is 53.4 Å². The minimum Gasteiger partial charge on any atom is -0.481 e. The normalized spacial score (nSPS) is 18.0. The van der Waals surface area contributed by atoms with E-state index in [-0.39, 0.29) is 11.7 Å². The van der Waals surface area contributed by atoms with Crippen LogP contribution in [-0.4, -0.2) is 29.1 Å². The van der Waals surface area contributed by atoms with E-state index in [4.69, 9.17) is 5.11 Å². The number of pyridine rings is 1. The molecule has 0 bridgehead atoms. The Hall–Kier alpha value is -1.79. The number of nitrogens with zero attached hydrogens (tertiary/aromatic N) is 2. The van der Waals surface area contributed by atoms with Gasteiger partial charge in [-0.15, -0.1) is 0 Å². The van der Waals surface area contributed by atoms with Gasteiger partial charge in [-0.3, -0.25) is 4.79 Å². The molecule has 1 atom stereocenters. The lowest BCUT2D eigenvalue weighted by Crippen LogP contribution is -2.51. The Bertz CT molecular complexity index is 484. The molecule has 2 heterocycles. The molecule has 4 nitrogen and oxygen atoms in total. The number of aromatic nitrogens is 1. The Balaban J connectivity index is 2.04. The van der Waals surface area contributed by atoms with Crippen molar-refractivity contribution in [2.45, 2.75) is 13.1 Å². The Labute approximate surface area is 107 Å². The standard InChI is InChI=1S/C12H13F3N2O2/c1-7(11(18)19)8-5-17(6-8)10-4-9(2-3-16-10)12(13,14)15/h2-4,7-8H,5-6H2,1H3,(H,18,19). The molecule has 0 radical (unpaired) electrons. The highest BCUT2D eigenvalue weighted by molar-refractivity contribution is 5.70. The average molecular weight is 274 g/mol. The van der Waals surface area contributed by atoms with Crippen LogP contribution in [-0.2, 0) is 11.0 Å². The van der Waals surface area contributed by atoms with E-state index in [1.54, 1.807) is 11.8 Å². The number of carbonyl (C=O) groups is 1. The van der Waals surface area contributed by atoms with Crippen LogP contribution in [0.4, 0.5) is 19.0 Å². The van der Waals surface area contributed by atoms with E-state index in [0.717, 1.165) is 18.3 Å². The van der Waals surface area contributed by atoms with Crippen molar-refractivity contribution in [2.75, 3.05) is 18.0 Å². The highest BCUT2D eigenvalue weighted by Gasteiger charge is 2.37. The first-order chi connectivity index (χ1) is 8.79. The molecule has 1 saturated heterocycles. The molecule has 0 saturated carbocycles. The van der Waals surface area contributed by atoms with E-state index in [9.17, 15) is 18.0 Å². The summed E-state index contributed by atoms with van der Waals surface area (Å²) in [4.78, 5) is 16.3. The molecule has 7 heteroatoms. The highest BCUT2D eigenvalue weighted by atomic mass is 19.4. The number of halogens is 3. The first-order valence-corrected chi connectivity index (χ1v) is 5.80. The van der Waals surface area contributed by atoms with Crippen molar-refractivity contribution in [3.8, 4) is 0 Å². The highest BCUT2D eigenvalue weighted by Crippen LogP contribution is 2.33. The Kier molecular flexibility index (Phi) is 3.38. The molecule has 1 N–H and O–H groups in total. The van der Waals surface area contributed by atoms with Gasteiger partial charge in [0.1, 0.15) is 5.82 Å². The van der Waals surface area contributed by atoms with E-state index in [1.165, 1.54) is 0 Å². The summed E-state index contributed by atoms with van der Waals surface area (Å²) < 4.78 is 37.6. The van der Waals surface area contributed by atoms with Crippen LogP contribution in [0.15, 0.2) is 18.3 Å². The van der Waals surface area contributed by atoms with Gasteiger partial charge in [-0.05, 0) is 12.1 Å². The maximum absolute atomic E-state index is 12.5. The third kappa shape index (κ3) is 2.80. The molecule has 1 aliphatic rings. The monoisotopic (exact) mass is 274 g/mol. The second-order valence-electron chi connectivity index (χ2n) is 4.69. The largest absolute Gasteiger partial charge is 0.481 e. The predicted molar refractivity (Wildman–Crippen MR) is 61.7 cm³/mol. The summed E-state index contributed by atoms with van der Waals surface area (Å²) in [5, 5.41) is 8.84. The molecule has 1 aromatic heterocycles.